The van der Waals surface area contributed by atoms with Crippen molar-refractivity contribution in [2.75, 3.05) is 7.11 Å². The van der Waals surface area contributed by atoms with E-state index in [9.17, 15) is 5.11 Å². The quantitative estimate of drug-likeness (QED) is 0.904. The van der Waals surface area contributed by atoms with E-state index in [0.717, 1.165) is 21.3 Å². The number of ether oxygens (including phenoxy) is 1. The topological polar surface area (TPSA) is 29.5 Å². The Morgan fingerprint density at radius 2 is 2.14 bits per heavy atom. The zero-order valence-electron chi connectivity index (χ0n) is 8.67. The van der Waals surface area contributed by atoms with Crippen LogP contribution in [-0.4, -0.2) is 18.3 Å². The predicted molar refractivity (Wildman–Crippen MR) is 60.8 cm³/mol. The van der Waals surface area contributed by atoms with Crippen molar-refractivity contribution in [3.8, 4) is 5.75 Å². The molecule has 1 unspecified atom stereocenters. The molecule has 2 nitrogen and oxygen atoms in total. The summed E-state index contributed by atoms with van der Waals surface area (Å²) in [5.41, 5.74) is 2.21. The Hall–Kier alpha value is -0.540. The minimum absolute atomic E-state index is 0.350. The normalized spacial score (nSPS) is 12.6. The summed E-state index contributed by atoms with van der Waals surface area (Å²) in [6, 6.07) is 3.98. The molecule has 0 aliphatic rings. The minimum Gasteiger partial charge on any atom is -0.495 e. The molecule has 0 aliphatic heterocycles. The van der Waals surface area contributed by atoms with Crippen LogP contribution in [0.4, 0.5) is 0 Å². The second-order valence-corrected chi connectivity index (χ2v) is 4.28. The maximum Gasteiger partial charge on any atom is 0.136 e. The predicted octanol–water partition coefficient (Wildman–Crippen LogP) is 2.69. The maximum atomic E-state index is 9.37. The van der Waals surface area contributed by atoms with E-state index in [2.05, 4.69) is 15.9 Å². The number of aliphatic hydroxyl groups excluding tert-OH is 1. The van der Waals surface area contributed by atoms with Crippen LogP contribution in [0.3, 0.4) is 0 Å². The third kappa shape index (κ3) is 2.49. The lowest BCUT2D eigenvalue weighted by Crippen LogP contribution is -2.07. The Bertz CT molecular complexity index is 321. The third-order valence-electron chi connectivity index (χ3n) is 2.15. The molecule has 1 atom stereocenters. The van der Waals surface area contributed by atoms with E-state index in [4.69, 9.17) is 4.74 Å². The summed E-state index contributed by atoms with van der Waals surface area (Å²) < 4.78 is 6.23. The number of aliphatic hydroxyl groups is 1. The molecule has 1 N–H and O–H groups in total. The van der Waals surface area contributed by atoms with Crippen LogP contribution < -0.4 is 4.74 Å². The SMILES string of the molecule is COc1c(Br)ccc(C)c1CC(C)O. The van der Waals surface area contributed by atoms with Gasteiger partial charge in [-0.3, -0.25) is 0 Å². The molecule has 78 valence electrons. The molecule has 0 saturated carbocycles. The van der Waals surface area contributed by atoms with E-state index in [1.807, 2.05) is 19.1 Å². The number of methoxy groups -OCH3 is 1. The fourth-order valence-corrected chi connectivity index (χ4v) is 2.00. The molecule has 0 aromatic heterocycles. The van der Waals surface area contributed by atoms with Crippen LogP contribution in [0.15, 0.2) is 16.6 Å². The summed E-state index contributed by atoms with van der Waals surface area (Å²) in [5.74, 6) is 0.825. The van der Waals surface area contributed by atoms with Crippen LogP contribution in [0.1, 0.15) is 18.1 Å². The van der Waals surface area contributed by atoms with Crippen LogP contribution in [0, 0.1) is 6.92 Å². The third-order valence-corrected chi connectivity index (χ3v) is 2.77. The molecule has 0 bridgehead atoms. The standard InChI is InChI=1S/C11H15BrO2/c1-7-4-5-10(12)11(14-3)9(7)6-8(2)13/h4-5,8,13H,6H2,1-3H3. The van der Waals surface area contributed by atoms with Gasteiger partial charge in [-0.05, 0) is 41.4 Å². The van der Waals surface area contributed by atoms with E-state index in [1.54, 1.807) is 14.0 Å². The van der Waals surface area contributed by atoms with Crippen molar-refractivity contribution in [3.05, 3.63) is 27.7 Å². The zero-order chi connectivity index (χ0) is 10.7. The second-order valence-electron chi connectivity index (χ2n) is 3.43. The van der Waals surface area contributed by atoms with Crippen molar-refractivity contribution in [1.82, 2.24) is 0 Å². The number of halogens is 1. The van der Waals surface area contributed by atoms with Crippen molar-refractivity contribution in [1.29, 1.82) is 0 Å². The summed E-state index contributed by atoms with van der Waals surface area (Å²) in [6.07, 6.45) is 0.269. The van der Waals surface area contributed by atoms with E-state index in [1.165, 1.54) is 0 Å². The number of rotatable bonds is 3. The Balaban J connectivity index is 3.16. The van der Waals surface area contributed by atoms with Crippen molar-refractivity contribution in [2.45, 2.75) is 26.4 Å². The highest BCUT2D eigenvalue weighted by atomic mass is 79.9. The number of benzene rings is 1. The van der Waals surface area contributed by atoms with Gasteiger partial charge in [-0.15, -0.1) is 0 Å². The smallest absolute Gasteiger partial charge is 0.136 e. The van der Waals surface area contributed by atoms with Gasteiger partial charge in [0.1, 0.15) is 5.75 Å². The molecule has 0 heterocycles. The Morgan fingerprint density at radius 1 is 1.50 bits per heavy atom. The van der Waals surface area contributed by atoms with Crippen LogP contribution in [0.2, 0.25) is 0 Å². The Morgan fingerprint density at radius 3 is 2.64 bits per heavy atom. The molecule has 0 saturated heterocycles. The fraction of sp³-hybridized carbons (Fsp3) is 0.455. The van der Waals surface area contributed by atoms with Gasteiger partial charge in [-0.1, -0.05) is 6.07 Å². The lowest BCUT2D eigenvalue weighted by atomic mass is 10.0. The first-order valence-electron chi connectivity index (χ1n) is 4.56. The molecule has 0 fully saturated rings. The number of hydrogen-bond donors (Lipinski definition) is 1. The molecule has 1 rings (SSSR count). The largest absolute Gasteiger partial charge is 0.495 e. The van der Waals surface area contributed by atoms with Gasteiger partial charge in [0.2, 0.25) is 0 Å². The molecular weight excluding hydrogens is 244 g/mol. The van der Waals surface area contributed by atoms with Gasteiger partial charge in [0.25, 0.3) is 0 Å². The van der Waals surface area contributed by atoms with E-state index >= 15 is 0 Å². The molecular formula is C11H15BrO2. The lowest BCUT2D eigenvalue weighted by molar-refractivity contribution is 0.194. The van der Waals surface area contributed by atoms with Crippen LogP contribution >= 0.6 is 15.9 Å². The van der Waals surface area contributed by atoms with Crippen LogP contribution in [0.25, 0.3) is 0 Å². The first-order valence-corrected chi connectivity index (χ1v) is 5.35. The molecule has 1 aromatic rings. The van der Waals surface area contributed by atoms with Crippen molar-refractivity contribution in [2.24, 2.45) is 0 Å². The molecule has 0 spiro atoms. The highest BCUT2D eigenvalue weighted by Gasteiger charge is 2.12. The molecule has 1 aromatic carbocycles. The van der Waals surface area contributed by atoms with Crippen molar-refractivity contribution in [3.63, 3.8) is 0 Å². The summed E-state index contributed by atoms with van der Waals surface area (Å²) in [4.78, 5) is 0. The minimum atomic E-state index is -0.350. The number of aryl methyl sites for hydroxylation is 1. The zero-order valence-corrected chi connectivity index (χ0v) is 10.3. The molecule has 0 amide bonds. The fourth-order valence-electron chi connectivity index (χ4n) is 1.47. The molecule has 0 radical (unpaired) electrons. The first kappa shape index (κ1) is 11.5. The summed E-state index contributed by atoms with van der Waals surface area (Å²) >= 11 is 3.42. The van der Waals surface area contributed by atoms with Gasteiger partial charge in [0.15, 0.2) is 0 Å². The summed E-state index contributed by atoms with van der Waals surface area (Å²) in [5, 5.41) is 9.37. The van der Waals surface area contributed by atoms with Crippen LogP contribution in [-0.2, 0) is 6.42 Å². The van der Waals surface area contributed by atoms with Gasteiger partial charge in [-0.25, -0.2) is 0 Å². The average molecular weight is 259 g/mol. The van der Waals surface area contributed by atoms with E-state index in [0.29, 0.717) is 6.42 Å². The Labute approximate surface area is 93.0 Å². The highest BCUT2D eigenvalue weighted by Crippen LogP contribution is 2.32. The lowest BCUT2D eigenvalue weighted by Gasteiger charge is -2.14. The molecule has 0 aliphatic carbocycles. The van der Waals surface area contributed by atoms with Gasteiger partial charge >= 0.3 is 0 Å². The second kappa shape index (κ2) is 4.80. The summed E-state index contributed by atoms with van der Waals surface area (Å²) in [6.45, 7) is 3.80. The number of hydrogen-bond acceptors (Lipinski definition) is 2. The monoisotopic (exact) mass is 258 g/mol. The molecule has 3 heteroatoms. The van der Waals surface area contributed by atoms with Crippen molar-refractivity contribution < 1.29 is 9.84 Å². The Kier molecular flexibility index (Phi) is 3.96. The first-order chi connectivity index (χ1) is 6.56. The van der Waals surface area contributed by atoms with Gasteiger partial charge in [-0.2, -0.15) is 0 Å². The van der Waals surface area contributed by atoms with Crippen LogP contribution in [0.5, 0.6) is 5.75 Å². The maximum absolute atomic E-state index is 9.37. The average Bonchev–Trinajstić information content (AvgIpc) is 2.11. The van der Waals surface area contributed by atoms with Gasteiger partial charge < -0.3 is 9.84 Å². The summed E-state index contributed by atoms with van der Waals surface area (Å²) in [7, 11) is 1.64. The van der Waals surface area contributed by atoms with Gasteiger partial charge in [0, 0.05) is 12.0 Å². The van der Waals surface area contributed by atoms with E-state index < -0.39 is 0 Å². The molecule has 14 heavy (non-hydrogen) atoms. The van der Waals surface area contributed by atoms with Crippen molar-refractivity contribution >= 4 is 15.9 Å². The van der Waals surface area contributed by atoms with E-state index in [-0.39, 0.29) is 6.10 Å². The highest BCUT2D eigenvalue weighted by molar-refractivity contribution is 9.10. The van der Waals surface area contributed by atoms with Gasteiger partial charge in [0.05, 0.1) is 17.7 Å².